The number of hydrogen-bond acceptors (Lipinski definition) is 4. The van der Waals surface area contributed by atoms with Crippen molar-refractivity contribution in [3.63, 3.8) is 0 Å². The molecule has 6 heteroatoms. The standard InChI is InChI=1S/C21H23N5O/c27-21(18-7-5-17(6-8-18)20-23-10-3-11-24-20)26-13-2-1-4-19(26)9-14-25-15-12-22-16-25/h3,5-8,10-12,15-16,19H,1-2,4,9,13-14H2/t19-/m1/s1. The topological polar surface area (TPSA) is 63.9 Å². The molecule has 3 aromatic rings. The largest absolute Gasteiger partial charge is 0.337 e. The molecule has 1 saturated heterocycles. The van der Waals surface area contributed by atoms with Gasteiger partial charge in [0.25, 0.3) is 5.91 Å². The quantitative estimate of drug-likeness (QED) is 0.698. The maximum absolute atomic E-state index is 13.1. The fourth-order valence-corrected chi connectivity index (χ4v) is 3.66. The van der Waals surface area contributed by atoms with Crippen LogP contribution in [0, 0.1) is 0 Å². The molecule has 3 heterocycles. The molecule has 2 aromatic heterocycles. The Bertz CT molecular complexity index is 861. The predicted octanol–water partition coefficient (Wildman–Crippen LogP) is 3.43. The third-order valence-electron chi connectivity index (χ3n) is 5.12. The fraction of sp³-hybridized carbons (Fsp3) is 0.333. The summed E-state index contributed by atoms with van der Waals surface area (Å²) >= 11 is 0. The van der Waals surface area contributed by atoms with Gasteiger partial charge in [-0.2, -0.15) is 0 Å². The van der Waals surface area contributed by atoms with Crippen LogP contribution in [-0.4, -0.2) is 42.9 Å². The van der Waals surface area contributed by atoms with Gasteiger partial charge in [-0.1, -0.05) is 12.1 Å². The number of rotatable bonds is 5. The van der Waals surface area contributed by atoms with E-state index >= 15 is 0 Å². The van der Waals surface area contributed by atoms with Crippen molar-refractivity contribution in [3.05, 3.63) is 67.0 Å². The minimum atomic E-state index is 0.117. The van der Waals surface area contributed by atoms with Crippen LogP contribution >= 0.6 is 0 Å². The maximum Gasteiger partial charge on any atom is 0.254 e. The number of likely N-dealkylation sites (tertiary alicyclic amines) is 1. The summed E-state index contributed by atoms with van der Waals surface area (Å²) in [4.78, 5) is 27.8. The first-order valence-electron chi connectivity index (χ1n) is 9.45. The molecule has 0 N–H and O–H groups in total. The predicted molar refractivity (Wildman–Crippen MR) is 103 cm³/mol. The van der Waals surface area contributed by atoms with E-state index in [1.807, 2.05) is 36.8 Å². The van der Waals surface area contributed by atoms with Crippen LogP contribution in [0.25, 0.3) is 11.4 Å². The first-order valence-corrected chi connectivity index (χ1v) is 9.45. The lowest BCUT2D eigenvalue weighted by Crippen LogP contribution is -2.44. The summed E-state index contributed by atoms with van der Waals surface area (Å²) in [5, 5.41) is 0. The molecule has 0 saturated carbocycles. The van der Waals surface area contributed by atoms with Crippen LogP contribution in [0.3, 0.4) is 0 Å². The van der Waals surface area contributed by atoms with Crippen LogP contribution in [0.4, 0.5) is 0 Å². The second kappa shape index (κ2) is 8.12. The molecule has 1 aromatic carbocycles. The second-order valence-corrected chi connectivity index (χ2v) is 6.89. The maximum atomic E-state index is 13.1. The Morgan fingerprint density at radius 3 is 2.63 bits per heavy atom. The highest BCUT2D eigenvalue weighted by molar-refractivity contribution is 5.94. The Morgan fingerprint density at radius 1 is 1.07 bits per heavy atom. The van der Waals surface area contributed by atoms with Gasteiger partial charge in [0.05, 0.1) is 6.33 Å². The zero-order chi connectivity index (χ0) is 18.5. The number of nitrogens with zero attached hydrogens (tertiary/aromatic N) is 5. The van der Waals surface area contributed by atoms with Crippen LogP contribution in [0.2, 0.25) is 0 Å². The van der Waals surface area contributed by atoms with Crippen molar-refractivity contribution in [2.24, 2.45) is 0 Å². The van der Waals surface area contributed by atoms with Crippen molar-refractivity contribution in [1.82, 2.24) is 24.4 Å². The summed E-state index contributed by atoms with van der Waals surface area (Å²) in [6, 6.07) is 9.69. The third-order valence-corrected chi connectivity index (χ3v) is 5.12. The van der Waals surface area contributed by atoms with Gasteiger partial charge in [-0.05, 0) is 43.9 Å². The third kappa shape index (κ3) is 4.05. The molecule has 0 radical (unpaired) electrons. The van der Waals surface area contributed by atoms with E-state index in [1.54, 1.807) is 24.7 Å². The summed E-state index contributed by atoms with van der Waals surface area (Å²) in [7, 11) is 0. The van der Waals surface area contributed by atoms with Gasteiger partial charge < -0.3 is 9.47 Å². The number of amides is 1. The van der Waals surface area contributed by atoms with Crippen LogP contribution in [0.5, 0.6) is 0 Å². The van der Waals surface area contributed by atoms with Gasteiger partial charge in [0, 0.05) is 55.0 Å². The Morgan fingerprint density at radius 2 is 1.89 bits per heavy atom. The van der Waals surface area contributed by atoms with E-state index in [9.17, 15) is 4.79 Å². The minimum absolute atomic E-state index is 0.117. The normalized spacial score (nSPS) is 17.0. The molecule has 0 spiro atoms. The molecule has 1 atom stereocenters. The van der Waals surface area contributed by atoms with Crippen molar-refractivity contribution in [2.75, 3.05) is 6.54 Å². The Balaban J connectivity index is 1.46. The second-order valence-electron chi connectivity index (χ2n) is 6.89. The van der Waals surface area contributed by atoms with E-state index < -0.39 is 0 Å². The van der Waals surface area contributed by atoms with Gasteiger partial charge in [0.1, 0.15) is 0 Å². The van der Waals surface area contributed by atoms with Crippen molar-refractivity contribution >= 4 is 5.91 Å². The van der Waals surface area contributed by atoms with E-state index in [2.05, 4.69) is 24.4 Å². The van der Waals surface area contributed by atoms with Crippen LogP contribution in [0.1, 0.15) is 36.0 Å². The van der Waals surface area contributed by atoms with E-state index in [1.165, 1.54) is 6.42 Å². The monoisotopic (exact) mass is 361 g/mol. The van der Waals surface area contributed by atoms with Gasteiger partial charge in [0.2, 0.25) is 0 Å². The summed E-state index contributed by atoms with van der Waals surface area (Å²) in [5.74, 6) is 0.790. The molecule has 1 amide bonds. The van der Waals surface area contributed by atoms with Crippen LogP contribution in [0.15, 0.2) is 61.4 Å². The highest BCUT2D eigenvalue weighted by Crippen LogP contribution is 2.23. The fourth-order valence-electron chi connectivity index (χ4n) is 3.66. The van der Waals surface area contributed by atoms with Gasteiger partial charge >= 0.3 is 0 Å². The van der Waals surface area contributed by atoms with Crippen molar-refractivity contribution in [1.29, 1.82) is 0 Å². The Hall–Kier alpha value is -3.02. The summed E-state index contributed by atoms with van der Waals surface area (Å²) in [6.07, 6.45) is 13.3. The Kier molecular flexibility index (Phi) is 5.23. The number of carbonyl (C=O) groups excluding carboxylic acids is 1. The lowest BCUT2D eigenvalue weighted by Gasteiger charge is -2.36. The molecular formula is C21H23N5O. The molecule has 1 aliphatic heterocycles. The van der Waals surface area contributed by atoms with Crippen LogP contribution < -0.4 is 0 Å². The molecule has 138 valence electrons. The molecule has 0 aliphatic carbocycles. The highest BCUT2D eigenvalue weighted by atomic mass is 16.2. The number of benzene rings is 1. The van der Waals surface area contributed by atoms with Crippen LogP contribution in [-0.2, 0) is 6.54 Å². The zero-order valence-corrected chi connectivity index (χ0v) is 15.2. The summed E-state index contributed by atoms with van der Waals surface area (Å²) in [6.45, 7) is 1.72. The first-order chi connectivity index (χ1) is 13.3. The van der Waals surface area contributed by atoms with Gasteiger partial charge in [0.15, 0.2) is 5.82 Å². The molecule has 1 aliphatic rings. The van der Waals surface area contributed by atoms with Gasteiger partial charge in [-0.25, -0.2) is 15.0 Å². The zero-order valence-electron chi connectivity index (χ0n) is 15.2. The molecule has 6 nitrogen and oxygen atoms in total. The summed E-state index contributed by atoms with van der Waals surface area (Å²) < 4.78 is 2.08. The average Bonchev–Trinajstić information content (AvgIpc) is 3.26. The number of carbonyl (C=O) groups is 1. The Labute approximate surface area is 158 Å². The molecular weight excluding hydrogens is 338 g/mol. The van der Waals surface area contributed by atoms with E-state index in [0.29, 0.717) is 5.82 Å². The molecule has 1 fully saturated rings. The van der Waals surface area contributed by atoms with Crippen molar-refractivity contribution < 1.29 is 4.79 Å². The van der Waals surface area contributed by atoms with E-state index in [4.69, 9.17) is 0 Å². The van der Waals surface area contributed by atoms with E-state index in [0.717, 1.165) is 43.5 Å². The lowest BCUT2D eigenvalue weighted by atomic mass is 9.98. The SMILES string of the molecule is O=C(c1ccc(-c2ncccn2)cc1)N1CCCC[C@@H]1CCn1ccnc1. The number of imidazole rings is 1. The molecule has 0 unspecified atom stereocenters. The smallest absolute Gasteiger partial charge is 0.254 e. The number of hydrogen-bond donors (Lipinski definition) is 0. The van der Waals surface area contributed by atoms with Crippen molar-refractivity contribution in [3.8, 4) is 11.4 Å². The number of aryl methyl sites for hydroxylation is 1. The van der Waals surface area contributed by atoms with E-state index in [-0.39, 0.29) is 11.9 Å². The molecule has 4 rings (SSSR count). The van der Waals surface area contributed by atoms with Crippen molar-refractivity contribution in [2.45, 2.75) is 38.3 Å². The van der Waals surface area contributed by atoms with Gasteiger partial charge in [-0.3, -0.25) is 4.79 Å². The van der Waals surface area contributed by atoms with Gasteiger partial charge in [-0.15, -0.1) is 0 Å². The highest BCUT2D eigenvalue weighted by Gasteiger charge is 2.27. The molecule has 0 bridgehead atoms. The number of aromatic nitrogens is 4. The number of piperidine rings is 1. The average molecular weight is 361 g/mol. The molecule has 27 heavy (non-hydrogen) atoms. The lowest BCUT2D eigenvalue weighted by molar-refractivity contribution is 0.0595. The summed E-state index contributed by atoms with van der Waals surface area (Å²) in [5.41, 5.74) is 1.65. The minimum Gasteiger partial charge on any atom is -0.337 e. The first kappa shape index (κ1) is 17.4.